The van der Waals surface area contributed by atoms with Crippen LogP contribution in [0.2, 0.25) is 0 Å². The number of nitrogens with zero attached hydrogens (tertiary/aromatic N) is 1. The summed E-state index contributed by atoms with van der Waals surface area (Å²) in [4.78, 5) is 14.3. The van der Waals surface area contributed by atoms with Crippen molar-refractivity contribution in [1.82, 2.24) is 4.90 Å². The molecule has 1 aromatic rings. The molecule has 2 saturated heterocycles. The molecule has 102 valence electrons. The van der Waals surface area contributed by atoms with Crippen LogP contribution in [-0.2, 0) is 16.0 Å². The zero-order valence-electron chi connectivity index (χ0n) is 11.0. The molecule has 3 rings (SSSR count). The third kappa shape index (κ3) is 2.80. The van der Waals surface area contributed by atoms with Crippen molar-refractivity contribution in [3.8, 4) is 0 Å². The van der Waals surface area contributed by atoms with E-state index in [2.05, 4.69) is 0 Å². The van der Waals surface area contributed by atoms with Crippen LogP contribution in [0.4, 0.5) is 0 Å². The Morgan fingerprint density at radius 3 is 2.53 bits per heavy atom. The number of carbonyl (C=O) groups excluding carboxylic acids is 1. The van der Waals surface area contributed by atoms with E-state index in [1.807, 2.05) is 35.2 Å². The molecule has 3 atom stereocenters. The number of benzene rings is 1. The van der Waals surface area contributed by atoms with Gasteiger partial charge < -0.3 is 15.4 Å². The minimum Gasteiger partial charge on any atom is -0.371 e. The molecular formula is C15H20N2O2. The van der Waals surface area contributed by atoms with Crippen LogP contribution in [-0.4, -0.2) is 42.1 Å². The Morgan fingerprint density at radius 2 is 1.89 bits per heavy atom. The summed E-state index contributed by atoms with van der Waals surface area (Å²) in [5.41, 5.74) is 7.17. The Kier molecular flexibility index (Phi) is 3.53. The van der Waals surface area contributed by atoms with Crippen LogP contribution in [0.3, 0.4) is 0 Å². The van der Waals surface area contributed by atoms with Crippen LogP contribution >= 0.6 is 0 Å². The smallest absolute Gasteiger partial charge is 0.240 e. The second-order valence-electron chi connectivity index (χ2n) is 5.50. The number of rotatable bonds is 3. The van der Waals surface area contributed by atoms with Gasteiger partial charge in [0.25, 0.3) is 0 Å². The third-order valence-electron chi connectivity index (χ3n) is 3.97. The first-order chi connectivity index (χ1) is 9.22. The second-order valence-corrected chi connectivity index (χ2v) is 5.50. The fraction of sp³-hybridized carbons (Fsp3) is 0.533. The normalized spacial score (nSPS) is 27.3. The maximum absolute atomic E-state index is 12.4. The van der Waals surface area contributed by atoms with Crippen LogP contribution in [0, 0.1) is 0 Å². The maximum atomic E-state index is 12.4. The van der Waals surface area contributed by atoms with Gasteiger partial charge in [0.2, 0.25) is 5.91 Å². The van der Waals surface area contributed by atoms with Gasteiger partial charge in [-0.25, -0.2) is 0 Å². The van der Waals surface area contributed by atoms with Crippen molar-refractivity contribution in [2.75, 3.05) is 13.1 Å². The molecule has 2 fully saturated rings. The lowest BCUT2D eigenvalue weighted by Crippen LogP contribution is -2.52. The Hall–Kier alpha value is -1.39. The lowest BCUT2D eigenvalue weighted by Gasteiger charge is -2.33. The lowest BCUT2D eigenvalue weighted by molar-refractivity contribution is -0.141. The molecule has 1 amide bonds. The second kappa shape index (κ2) is 5.31. The van der Waals surface area contributed by atoms with Gasteiger partial charge in [-0.15, -0.1) is 0 Å². The highest BCUT2D eigenvalue weighted by molar-refractivity contribution is 5.82. The Balaban J connectivity index is 1.60. The lowest BCUT2D eigenvalue weighted by atomic mass is 10.1. The number of hydrogen-bond acceptors (Lipinski definition) is 3. The number of carbonyl (C=O) groups is 1. The monoisotopic (exact) mass is 260 g/mol. The molecule has 2 N–H and O–H groups in total. The van der Waals surface area contributed by atoms with Gasteiger partial charge in [0.1, 0.15) is 0 Å². The molecule has 0 saturated carbocycles. The Labute approximate surface area is 113 Å². The van der Waals surface area contributed by atoms with E-state index >= 15 is 0 Å². The van der Waals surface area contributed by atoms with Gasteiger partial charge in [0.15, 0.2) is 0 Å². The molecule has 2 aliphatic rings. The Bertz CT molecular complexity index is 437. The van der Waals surface area contributed by atoms with Gasteiger partial charge in [-0.2, -0.15) is 0 Å². The fourth-order valence-electron chi connectivity index (χ4n) is 2.98. The molecule has 0 radical (unpaired) electrons. The first-order valence-corrected chi connectivity index (χ1v) is 6.96. The number of ether oxygens (including phenoxy) is 1. The van der Waals surface area contributed by atoms with Crippen molar-refractivity contribution in [1.29, 1.82) is 0 Å². The van der Waals surface area contributed by atoms with Crippen molar-refractivity contribution in [2.24, 2.45) is 5.73 Å². The number of likely N-dealkylation sites (tertiary alicyclic amines) is 1. The number of morpholine rings is 1. The highest BCUT2D eigenvalue weighted by Crippen LogP contribution is 2.26. The van der Waals surface area contributed by atoms with Crippen LogP contribution < -0.4 is 5.73 Å². The summed E-state index contributed by atoms with van der Waals surface area (Å²) in [6.45, 7) is 1.41. The molecule has 4 nitrogen and oxygen atoms in total. The number of nitrogens with two attached hydrogens (primary N) is 1. The average Bonchev–Trinajstić information content (AvgIpc) is 2.77. The summed E-state index contributed by atoms with van der Waals surface area (Å²) in [6, 6.07) is 9.49. The van der Waals surface area contributed by atoms with Crippen molar-refractivity contribution in [3.63, 3.8) is 0 Å². The van der Waals surface area contributed by atoms with Gasteiger partial charge in [-0.05, 0) is 24.8 Å². The van der Waals surface area contributed by atoms with E-state index in [1.165, 1.54) is 0 Å². The summed E-state index contributed by atoms with van der Waals surface area (Å²) < 4.78 is 5.74. The highest BCUT2D eigenvalue weighted by Gasteiger charge is 2.36. The molecule has 4 heteroatoms. The zero-order valence-corrected chi connectivity index (χ0v) is 11.0. The van der Waals surface area contributed by atoms with Gasteiger partial charge in [-0.1, -0.05) is 30.3 Å². The molecule has 2 aliphatic heterocycles. The fourth-order valence-corrected chi connectivity index (χ4v) is 2.98. The van der Waals surface area contributed by atoms with E-state index in [1.54, 1.807) is 0 Å². The molecule has 2 heterocycles. The minimum atomic E-state index is -0.445. The van der Waals surface area contributed by atoms with E-state index in [-0.39, 0.29) is 18.1 Å². The molecular weight excluding hydrogens is 240 g/mol. The Morgan fingerprint density at radius 1 is 1.26 bits per heavy atom. The third-order valence-corrected chi connectivity index (χ3v) is 3.97. The predicted octanol–water partition coefficient (Wildman–Crippen LogP) is 0.946. The standard InChI is InChI=1S/C15H20N2O2/c16-14(8-11-4-2-1-3-5-11)15(18)17-9-12-6-7-13(10-17)19-12/h1-5,12-14H,6-10,16H2. The average molecular weight is 260 g/mol. The van der Waals surface area contributed by atoms with Gasteiger partial charge in [-0.3, -0.25) is 4.79 Å². The van der Waals surface area contributed by atoms with Gasteiger partial charge in [0.05, 0.1) is 18.2 Å². The van der Waals surface area contributed by atoms with E-state index in [0.29, 0.717) is 19.5 Å². The molecule has 0 spiro atoms. The van der Waals surface area contributed by atoms with E-state index < -0.39 is 6.04 Å². The van der Waals surface area contributed by atoms with Crippen LogP contribution in [0.1, 0.15) is 18.4 Å². The molecule has 0 aromatic heterocycles. The van der Waals surface area contributed by atoms with E-state index in [4.69, 9.17) is 10.5 Å². The number of hydrogen-bond donors (Lipinski definition) is 1. The molecule has 2 bridgehead atoms. The maximum Gasteiger partial charge on any atom is 0.240 e. The first-order valence-electron chi connectivity index (χ1n) is 6.96. The van der Waals surface area contributed by atoms with Crippen molar-refractivity contribution < 1.29 is 9.53 Å². The summed E-state index contributed by atoms with van der Waals surface area (Å²) in [5, 5.41) is 0. The highest BCUT2D eigenvalue weighted by atomic mass is 16.5. The summed E-state index contributed by atoms with van der Waals surface area (Å²) in [7, 11) is 0. The molecule has 1 aromatic carbocycles. The molecule has 0 aliphatic carbocycles. The van der Waals surface area contributed by atoms with E-state index in [0.717, 1.165) is 18.4 Å². The largest absolute Gasteiger partial charge is 0.371 e. The quantitative estimate of drug-likeness (QED) is 0.880. The summed E-state index contributed by atoms with van der Waals surface area (Å²) >= 11 is 0. The van der Waals surface area contributed by atoms with Gasteiger partial charge in [0, 0.05) is 13.1 Å². The molecule has 3 unspecified atom stereocenters. The van der Waals surface area contributed by atoms with Crippen molar-refractivity contribution in [3.05, 3.63) is 35.9 Å². The topological polar surface area (TPSA) is 55.6 Å². The minimum absolute atomic E-state index is 0.0593. The van der Waals surface area contributed by atoms with Crippen molar-refractivity contribution >= 4 is 5.91 Å². The van der Waals surface area contributed by atoms with Crippen LogP contribution in [0.25, 0.3) is 0 Å². The van der Waals surface area contributed by atoms with Gasteiger partial charge >= 0.3 is 0 Å². The number of fused-ring (bicyclic) bond motifs is 2. The summed E-state index contributed by atoms with van der Waals surface area (Å²) in [5.74, 6) is 0.0593. The van der Waals surface area contributed by atoms with Crippen LogP contribution in [0.15, 0.2) is 30.3 Å². The number of amides is 1. The zero-order chi connectivity index (χ0) is 13.2. The SMILES string of the molecule is NC(Cc1ccccc1)C(=O)N1CC2CCC(C1)O2. The van der Waals surface area contributed by atoms with Crippen molar-refractivity contribution in [2.45, 2.75) is 37.5 Å². The molecule has 19 heavy (non-hydrogen) atoms. The van der Waals surface area contributed by atoms with Crippen LogP contribution in [0.5, 0.6) is 0 Å². The first kappa shape index (κ1) is 12.6. The predicted molar refractivity (Wildman–Crippen MR) is 72.6 cm³/mol. The van der Waals surface area contributed by atoms with E-state index in [9.17, 15) is 4.79 Å². The summed E-state index contributed by atoms with van der Waals surface area (Å²) in [6.07, 6.45) is 3.20.